The summed E-state index contributed by atoms with van der Waals surface area (Å²) in [5.41, 5.74) is 0.669. The summed E-state index contributed by atoms with van der Waals surface area (Å²) >= 11 is 0. The van der Waals surface area contributed by atoms with Gasteiger partial charge in [-0.1, -0.05) is 38.5 Å². The van der Waals surface area contributed by atoms with Crippen LogP contribution in [0.3, 0.4) is 0 Å². The van der Waals surface area contributed by atoms with Crippen molar-refractivity contribution in [3.05, 3.63) is 52.9 Å². The number of allylic oxidation sites excluding steroid dienone is 2. The number of benzene rings is 1. The van der Waals surface area contributed by atoms with Crippen LogP contribution in [0, 0.1) is 0 Å². The van der Waals surface area contributed by atoms with E-state index in [-0.39, 0.29) is 49.7 Å². The summed E-state index contributed by atoms with van der Waals surface area (Å²) < 4.78 is 51.4. The average Bonchev–Trinajstić information content (AvgIpc) is 2.74. The summed E-state index contributed by atoms with van der Waals surface area (Å²) in [7, 11) is 0. The highest BCUT2D eigenvalue weighted by molar-refractivity contribution is 5.93. The molecule has 1 aliphatic heterocycles. The van der Waals surface area contributed by atoms with Crippen LogP contribution < -0.4 is 0 Å². The standard InChI is InChI=1S/C23H28F3NO4/c1-4-9-20-18(17-10-7-8-11-19(17)23(24,25)26)14-16(22(29)30-6-3)15-27(20)12-13-31-21(28)5-2/h7-8,10-11,15H,4-6,9,12-14H2,1-3H3. The molecule has 2 rings (SSSR count). The molecule has 1 aromatic rings. The van der Waals surface area contributed by atoms with Crippen molar-refractivity contribution in [2.75, 3.05) is 19.8 Å². The third kappa shape index (κ3) is 6.35. The topological polar surface area (TPSA) is 55.8 Å². The molecule has 0 aromatic heterocycles. The van der Waals surface area contributed by atoms with Crippen molar-refractivity contribution >= 4 is 17.5 Å². The lowest BCUT2D eigenvalue weighted by Crippen LogP contribution is -2.29. The molecule has 1 aromatic carbocycles. The number of nitrogens with zero attached hydrogens (tertiary/aromatic N) is 1. The van der Waals surface area contributed by atoms with E-state index in [1.165, 1.54) is 12.1 Å². The van der Waals surface area contributed by atoms with E-state index in [1.807, 2.05) is 6.92 Å². The smallest absolute Gasteiger partial charge is 0.416 e. The number of alkyl halides is 3. The van der Waals surface area contributed by atoms with Crippen LogP contribution in [-0.4, -0.2) is 36.6 Å². The summed E-state index contributed by atoms with van der Waals surface area (Å²) in [5.74, 6) is -0.939. The zero-order valence-electron chi connectivity index (χ0n) is 18.1. The van der Waals surface area contributed by atoms with Crippen LogP contribution in [0.2, 0.25) is 0 Å². The van der Waals surface area contributed by atoms with Crippen molar-refractivity contribution in [3.63, 3.8) is 0 Å². The number of ether oxygens (including phenoxy) is 2. The highest BCUT2D eigenvalue weighted by Crippen LogP contribution is 2.41. The number of esters is 2. The van der Waals surface area contributed by atoms with E-state index in [2.05, 4.69) is 0 Å². The van der Waals surface area contributed by atoms with Crippen LogP contribution in [0.15, 0.2) is 41.7 Å². The minimum absolute atomic E-state index is 0.0342. The van der Waals surface area contributed by atoms with E-state index in [1.54, 1.807) is 31.0 Å². The molecule has 0 amide bonds. The fraction of sp³-hybridized carbons (Fsp3) is 0.478. The van der Waals surface area contributed by atoms with Gasteiger partial charge in [-0.2, -0.15) is 13.2 Å². The molecule has 0 bridgehead atoms. The van der Waals surface area contributed by atoms with Crippen molar-refractivity contribution in [2.24, 2.45) is 0 Å². The quantitative estimate of drug-likeness (QED) is 0.488. The maximum atomic E-state index is 13.7. The van der Waals surface area contributed by atoms with E-state index >= 15 is 0 Å². The molecule has 5 nitrogen and oxygen atoms in total. The third-order valence-electron chi connectivity index (χ3n) is 4.84. The maximum absolute atomic E-state index is 13.7. The molecule has 0 fully saturated rings. The fourth-order valence-electron chi connectivity index (χ4n) is 3.46. The summed E-state index contributed by atoms with van der Waals surface area (Å²) in [6.45, 7) is 5.71. The SMILES string of the molecule is CCCC1=C(c2ccccc2C(F)(F)F)CC(C(=O)OCC)=CN1CCOC(=O)CC. The van der Waals surface area contributed by atoms with E-state index in [0.717, 1.165) is 6.07 Å². The average molecular weight is 439 g/mol. The van der Waals surface area contributed by atoms with Gasteiger partial charge in [0.1, 0.15) is 6.61 Å². The zero-order chi connectivity index (χ0) is 23.0. The molecule has 0 aliphatic carbocycles. The van der Waals surface area contributed by atoms with Gasteiger partial charge in [-0.15, -0.1) is 0 Å². The van der Waals surface area contributed by atoms with Crippen molar-refractivity contribution in [3.8, 4) is 0 Å². The second-order valence-corrected chi connectivity index (χ2v) is 7.04. The summed E-state index contributed by atoms with van der Waals surface area (Å²) in [4.78, 5) is 25.7. The first-order valence-electron chi connectivity index (χ1n) is 10.4. The highest BCUT2D eigenvalue weighted by atomic mass is 19.4. The van der Waals surface area contributed by atoms with E-state index in [4.69, 9.17) is 9.47 Å². The molecular weight excluding hydrogens is 411 g/mol. The van der Waals surface area contributed by atoms with Gasteiger partial charge < -0.3 is 14.4 Å². The number of hydrogen-bond donors (Lipinski definition) is 0. The normalized spacial score (nSPS) is 14.4. The van der Waals surface area contributed by atoms with Gasteiger partial charge in [-0.3, -0.25) is 4.79 Å². The molecule has 0 radical (unpaired) electrons. The Bertz CT molecular complexity index is 859. The lowest BCUT2D eigenvalue weighted by atomic mass is 9.88. The van der Waals surface area contributed by atoms with Crippen molar-refractivity contribution in [2.45, 2.75) is 52.6 Å². The summed E-state index contributed by atoms with van der Waals surface area (Å²) in [5, 5.41) is 0. The van der Waals surface area contributed by atoms with Gasteiger partial charge >= 0.3 is 18.1 Å². The van der Waals surface area contributed by atoms with Crippen LogP contribution in [0.5, 0.6) is 0 Å². The largest absolute Gasteiger partial charge is 0.464 e. The van der Waals surface area contributed by atoms with Crippen molar-refractivity contribution in [1.29, 1.82) is 0 Å². The predicted molar refractivity (Wildman–Crippen MR) is 111 cm³/mol. The number of hydrogen-bond acceptors (Lipinski definition) is 5. The predicted octanol–water partition coefficient (Wildman–Crippen LogP) is 5.32. The van der Waals surface area contributed by atoms with E-state index in [0.29, 0.717) is 24.1 Å². The Morgan fingerprint density at radius 1 is 1.10 bits per heavy atom. The summed E-state index contributed by atoms with van der Waals surface area (Å²) in [6.07, 6.45) is -1.47. The van der Waals surface area contributed by atoms with Gasteiger partial charge in [-0.05, 0) is 30.5 Å². The van der Waals surface area contributed by atoms with Gasteiger partial charge in [0.2, 0.25) is 0 Å². The van der Waals surface area contributed by atoms with Crippen LogP contribution in [0.25, 0.3) is 5.57 Å². The van der Waals surface area contributed by atoms with Gasteiger partial charge in [0.25, 0.3) is 0 Å². The molecule has 0 saturated heterocycles. The van der Waals surface area contributed by atoms with Gasteiger partial charge in [0.15, 0.2) is 0 Å². The zero-order valence-corrected chi connectivity index (χ0v) is 18.1. The molecule has 1 aliphatic rings. The first-order valence-corrected chi connectivity index (χ1v) is 10.4. The molecule has 0 spiro atoms. The van der Waals surface area contributed by atoms with Gasteiger partial charge in [0.05, 0.1) is 24.3 Å². The molecule has 31 heavy (non-hydrogen) atoms. The van der Waals surface area contributed by atoms with Crippen LogP contribution in [0.1, 0.15) is 57.6 Å². The number of carbonyl (C=O) groups is 2. The molecular formula is C23H28F3NO4. The molecule has 0 unspecified atom stereocenters. The summed E-state index contributed by atoms with van der Waals surface area (Å²) in [6, 6.07) is 5.37. The van der Waals surface area contributed by atoms with Crippen LogP contribution >= 0.6 is 0 Å². The van der Waals surface area contributed by atoms with Crippen LogP contribution in [0.4, 0.5) is 13.2 Å². The van der Waals surface area contributed by atoms with Crippen molar-refractivity contribution < 1.29 is 32.2 Å². The molecule has 0 N–H and O–H groups in total. The van der Waals surface area contributed by atoms with Gasteiger partial charge in [-0.25, -0.2) is 4.79 Å². The molecule has 1 heterocycles. The van der Waals surface area contributed by atoms with Crippen LogP contribution in [-0.2, 0) is 25.2 Å². The fourth-order valence-corrected chi connectivity index (χ4v) is 3.46. The molecule has 170 valence electrons. The lowest BCUT2D eigenvalue weighted by Gasteiger charge is -2.32. The minimum atomic E-state index is -4.53. The van der Waals surface area contributed by atoms with Gasteiger partial charge in [0, 0.05) is 24.7 Å². The van der Waals surface area contributed by atoms with E-state index in [9.17, 15) is 22.8 Å². The first-order chi connectivity index (χ1) is 14.7. The monoisotopic (exact) mass is 439 g/mol. The highest BCUT2D eigenvalue weighted by Gasteiger charge is 2.36. The Labute approximate surface area is 180 Å². The first kappa shape index (κ1) is 24.5. The number of halogens is 3. The maximum Gasteiger partial charge on any atom is 0.416 e. The molecule has 0 saturated carbocycles. The second kappa shape index (κ2) is 11.0. The third-order valence-corrected chi connectivity index (χ3v) is 4.84. The Morgan fingerprint density at radius 3 is 2.42 bits per heavy atom. The molecule has 0 atom stereocenters. The Hall–Kier alpha value is -2.77. The lowest BCUT2D eigenvalue weighted by molar-refractivity contribution is -0.143. The van der Waals surface area contributed by atoms with Crippen molar-refractivity contribution in [1.82, 2.24) is 4.90 Å². The Morgan fingerprint density at radius 2 is 1.81 bits per heavy atom. The Balaban J connectivity index is 2.54. The Kier molecular flexibility index (Phi) is 8.71. The number of rotatable bonds is 9. The van der Waals surface area contributed by atoms with E-state index < -0.39 is 17.7 Å². The second-order valence-electron chi connectivity index (χ2n) is 7.04. The minimum Gasteiger partial charge on any atom is -0.464 e. The molecule has 8 heteroatoms. The number of carbonyl (C=O) groups excluding carboxylic acids is 2.